The lowest BCUT2D eigenvalue weighted by molar-refractivity contribution is -0.141. The Morgan fingerprint density at radius 3 is 2.52 bits per heavy atom. The van der Waals surface area contributed by atoms with Crippen LogP contribution in [0.2, 0.25) is 0 Å². The van der Waals surface area contributed by atoms with Gasteiger partial charge in [-0.15, -0.1) is 0 Å². The lowest BCUT2D eigenvalue weighted by Crippen LogP contribution is -2.73. The first kappa shape index (κ1) is 19.1. The lowest BCUT2D eigenvalue weighted by atomic mass is 9.74. The molecule has 4 heterocycles. The first-order chi connectivity index (χ1) is 12.6. The third-order valence-electron chi connectivity index (χ3n) is 5.22. The highest BCUT2D eigenvalue weighted by atomic mass is 32.2. The van der Waals surface area contributed by atoms with Crippen molar-refractivity contribution in [3.05, 3.63) is 11.8 Å². The molecule has 0 radical (unpaired) electrons. The molecule has 27 heavy (non-hydrogen) atoms. The molecule has 3 aliphatic heterocycles. The zero-order chi connectivity index (χ0) is 19.4. The standard InChI is InChI=1S/C15H21F3N4O4S/c1-20-13(4-12(19-20)15(16,17)18)27(23,24)22-9-14(10-22)7-21(8-14)5-11-6-25-2-3-26-11/h4,11H,2-3,5-10H2,1H3/t11-/m1/s1. The molecule has 0 saturated carbocycles. The summed E-state index contributed by atoms with van der Waals surface area (Å²) in [6, 6.07) is 0.591. The molecule has 3 aliphatic rings. The van der Waals surface area contributed by atoms with Crippen LogP contribution in [0.1, 0.15) is 5.69 Å². The summed E-state index contributed by atoms with van der Waals surface area (Å²) >= 11 is 0. The van der Waals surface area contributed by atoms with Gasteiger partial charge in [0.15, 0.2) is 10.7 Å². The van der Waals surface area contributed by atoms with Gasteiger partial charge in [0.1, 0.15) is 0 Å². The molecule has 12 heteroatoms. The molecule has 3 fully saturated rings. The van der Waals surface area contributed by atoms with E-state index < -0.39 is 26.9 Å². The molecule has 1 aromatic heterocycles. The van der Waals surface area contributed by atoms with Crippen molar-refractivity contribution in [3.63, 3.8) is 0 Å². The predicted octanol–water partition coefficient (Wildman–Crippen LogP) is 0.161. The van der Waals surface area contributed by atoms with Gasteiger partial charge in [-0.2, -0.15) is 22.6 Å². The number of hydrogen-bond acceptors (Lipinski definition) is 6. The molecule has 8 nitrogen and oxygen atoms in total. The largest absolute Gasteiger partial charge is 0.435 e. The summed E-state index contributed by atoms with van der Waals surface area (Å²) in [4.78, 5) is 2.19. The molecule has 0 aromatic carbocycles. The number of halogens is 3. The highest BCUT2D eigenvalue weighted by Gasteiger charge is 2.56. The monoisotopic (exact) mass is 410 g/mol. The zero-order valence-corrected chi connectivity index (χ0v) is 15.6. The average Bonchev–Trinajstić information content (AvgIpc) is 2.92. The Kier molecular flexibility index (Phi) is 4.54. The molecule has 3 saturated heterocycles. The average molecular weight is 410 g/mol. The molecule has 0 amide bonds. The minimum absolute atomic E-state index is 0.0336. The van der Waals surface area contributed by atoms with Crippen molar-refractivity contribution in [1.82, 2.24) is 19.0 Å². The lowest BCUT2D eigenvalue weighted by Gasteiger charge is -2.60. The van der Waals surface area contributed by atoms with Crippen LogP contribution in [0.15, 0.2) is 11.1 Å². The van der Waals surface area contributed by atoms with Gasteiger partial charge in [0, 0.05) is 51.3 Å². The van der Waals surface area contributed by atoms with Crippen molar-refractivity contribution in [1.29, 1.82) is 0 Å². The topological polar surface area (TPSA) is 76.9 Å². The van der Waals surface area contributed by atoms with Crippen LogP contribution in [0.25, 0.3) is 0 Å². The maximum absolute atomic E-state index is 12.8. The Bertz CT molecular complexity index is 806. The quantitative estimate of drug-likeness (QED) is 0.704. The molecule has 1 atom stereocenters. The number of nitrogens with zero attached hydrogens (tertiary/aromatic N) is 4. The third-order valence-corrected chi connectivity index (χ3v) is 7.07. The van der Waals surface area contributed by atoms with Gasteiger partial charge < -0.3 is 9.47 Å². The first-order valence-electron chi connectivity index (χ1n) is 8.62. The van der Waals surface area contributed by atoms with Crippen molar-refractivity contribution in [3.8, 4) is 0 Å². The molecule has 1 spiro atoms. The van der Waals surface area contributed by atoms with E-state index in [1.807, 2.05) is 0 Å². The molecule has 0 bridgehead atoms. The zero-order valence-electron chi connectivity index (χ0n) is 14.8. The summed E-state index contributed by atoms with van der Waals surface area (Å²) in [6.45, 7) is 4.60. The third kappa shape index (κ3) is 3.48. The molecule has 4 rings (SSSR count). The normalized spacial score (nSPS) is 26.7. The number of ether oxygens (including phenoxy) is 2. The SMILES string of the molecule is Cn1nc(C(F)(F)F)cc1S(=O)(=O)N1CC2(CN(C[C@@H]3COCCO3)C2)C1. The van der Waals surface area contributed by atoms with Gasteiger partial charge in [0.2, 0.25) is 0 Å². The van der Waals surface area contributed by atoms with E-state index in [2.05, 4.69) is 10.00 Å². The van der Waals surface area contributed by atoms with Crippen LogP contribution in [0, 0.1) is 5.41 Å². The van der Waals surface area contributed by atoms with Crippen LogP contribution < -0.4 is 0 Å². The van der Waals surface area contributed by atoms with Crippen molar-refractivity contribution in [2.45, 2.75) is 17.3 Å². The Balaban J connectivity index is 1.35. The predicted molar refractivity (Wildman–Crippen MR) is 86.4 cm³/mol. The number of likely N-dealkylation sites (tertiary alicyclic amines) is 1. The maximum atomic E-state index is 12.8. The summed E-state index contributed by atoms with van der Waals surface area (Å²) < 4.78 is 76.6. The van der Waals surface area contributed by atoms with Crippen LogP contribution in [-0.2, 0) is 32.7 Å². The number of aryl methyl sites for hydroxylation is 1. The van der Waals surface area contributed by atoms with Gasteiger partial charge in [-0.3, -0.25) is 9.58 Å². The van der Waals surface area contributed by atoms with E-state index in [4.69, 9.17) is 9.47 Å². The van der Waals surface area contributed by atoms with E-state index in [1.54, 1.807) is 0 Å². The molecule has 0 aliphatic carbocycles. The minimum Gasteiger partial charge on any atom is -0.376 e. The van der Waals surface area contributed by atoms with Crippen LogP contribution in [0.4, 0.5) is 13.2 Å². The molecule has 1 aromatic rings. The summed E-state index contributed by atoms with van der Waals surface area (Å²) in [6.07, 6.45) is -4.65. The van der Waals surface area contributed by atoms with Gasteiger partial charge in [0.25, 0.3) is 10.0 Å². The summed E-state index contributed by atoms with van der Waals surface area (Å²) in [5.41, 5.74) is -1.32. The van der Waals surface area contributed by atoms with Gasteiger partial charge >= 0.3 is 6.18 Å². The summed E-state index contributed by atoms with van der Waals surface area (Å²) in [7, 11) is -2.79. The number of alkyl halides is 3. The smallest absolute Gasteiger partial charge is 0.376 e. The van der Waals surface area contributed by atoms with Crippen LogP contribution >= 0.6 is 0 Å². The Hall–Kier alpha value is -1.21. The number of sulfonamides is 1. The van der Waals surface area contributed by atoms with E-state index >= 15 is 0 Å². The van der Waals surface area contributed by atoms with Crippen LogP contribution in [0.3, 0.4) is 0 Å². The second-order valence-electron chi connectivity index (χ2n) is 7.50. The fraction of sp³-hybridized carbons (Fsp3) is 0.800. The number of hydrogen-bond donors (Lipinski definition) is 0. The Morgan fingerprint density at radius 1 is 1.26 bits per heavy atom. The fourth-order valence-electron chi connectivity index (χ4n) is 4.00. The summed E-state index contributed by atoms with van der Waals surface area (Å²) in [5.74, 6) is 0. The van der Waals surface area contributed by atoms with E-state index in [0.29, 0.717) is 39.0 Å². The van der Waals surface area contributed by atoms with Gasteiger partial charge in [-0.05, 0) is 0 Å². The molecular weight excluding hydrogens is 389 g/mol. The van der Waals surface area contributed by atoms with Gasteiger partial charge in [-0.1, -0.05) is 0 Å². The van der Waals surface area contributed by atoms with Gasteiger partial charge in [0.05, 0.1) is 25.9 Å². The highest BCUT2D eigenvalue weighted by Crippen LogP contribution is 2.42. The summed E-state index contributed by atoms with van der Waals surface area (Å²) in [5, 5.41) is 2.85. The van der Waals surface area contributed by atoms with E-state index in [9.17, 15) is 21.6 Å². The van der Waals surface area contributed by atoms with Crippen molar-refractivity contribution in [2.24, 2.45) is 12.5 Å². The van der Waals surface area contributed by atoms with E-state index in [-0.39, 0.29) is 11.5 Å². The van der Waals surface area contributed by atoms with Crippen LogP contribution in [-0.4, -0.2) is 86.1 Å². The molecular formula is C15H21F3N4O4S. The van der Waals surface area contributed by atoms with Gasteiger partial charge in [-0.25, -0.2) is 8.42 Å². The van der Waals surface area contributed by atoms with Crippen LogP contribution in [0.5, 0.6) is 0 Å². The Morgan fingerprint density at radius 2 is 1.96 bits per heavy atom. The van der Waals surface area contributed by atoms with Crippen molar-refractivity contribution in [2.75, 3.05) is 52.5 Å². The first-order valence-corrected chi connectivity index (χ1v) is 10.1. The second kappa shape index (κ2) is 6.41. The molecule has 0 unspecified atom stereocenters. The number of rotatable bonds is 4. The Labute approximate surface area is 154 Å². The van der Waals surface area contributed by atoms with Crippen molar-refractivity contribution >= 4 is 10.0 Å². The number of aromatic nitrogens is 2. The molecule has 0 N–H and O–H groups in total. The van der Waals surface area contributed by atoms with Crippen molar-refractivity contribution < 1.29 is 31.1 Å². The maximum Gasteiger partial charge on any atom is 0.435 e. The second-order valence-corrected chi connectivity index (χ2v) is 9.38. The highest BCUT2D eigenvalue weighted by molar-refractivity contribution is 7.89. The molecule has 152 valence electrons. The van der Waals surface area contributed by atoms with E-state index in [1.165, 1.54) is 11.4 Å². The van der Waals surface area contributed by atoms with E-state index in [0.717, 1.165) is 24.3 Å². The minimum atomic E-state index is -4.68. The fourth-order valence-corrected chi connectivity index (χ4v) is 5.78.